The average molecular weight is 1290 g/mol. The van der Waals surface area contributed by atoms with Crippen molar-refractivity contribution in [3.8, 4) is 0 Å². The van der Waals surface area contributed by atoms with Crippen LogP contribution < -0.4 is 65.5 Å². The Morgan fingerprint density at radius 1 is 0.761 bits per heavy atom. The van der Waals surface area contributed by atoms with Gasteiger partial charge in [-0.25, -0.2) is 0 Å². The Morgan fingerprint density at radius 2 is 1.42 bits per heavy atom. The van der Waals surface area contributed by atoms with Gasteiger partial charge in [0.25, 0.3) is 0 Å². The number of nitrogens with zero attached hydrogens (tertiary/aromatic N) is 3. The number of unbranched alkanes of at least 4 members (excludes halogenated alkanes) is 2. The predicted molar refractivity (Wildman–Crippen MR) is 336 cm³/mol. The third-order valence-corrected chi connectivity index (χ3v) is 15.7. The first-order valence-electron chi connectivity index (χ1n) is 31.1. The van der Waals surface area contributed by atoms with Crippen molar-refractivity contribution in [1.29, 1.82) is 0 Å². The Balaban J connectivity index is 1.40. The summed E-state index contributed by atoms with van der Waals surface area (Å²) in [6.07, 6.45) is 1.41. The summed E-state index contributed by atoms with van der Waals surface area (Å²) in [6.45, 7) is 0.520. The Bertz CT molecular complexity index is 3040. The third kappa shape index (κ3) is 24.9. The van der Waals surface area contributed by atoms with Crippen molar-refractivity contribution in [2.24, 2.45) is 27.9 Å². The van der Waals surface area contributed by atoms with Gasteiger partial charge in [0, 0.05) is 75.4 Å². The van der Waals surface area contributed by atoms with Gasteiger partial charge in [0.1, 0.15) is 42.3 Å². The number of aliphatic hydroxyl groups is 1. The standard InChI is InChI=1S/C61H90N16O15/c1-2-3-18-43(70-50(80)24-27-67-54(86)40(62)17-10-12-28-76(34-51(81)82)35-52(83)84)55(87)73-45-22-23-49(79)66-25-11-9-20-42(53(63)85)71-58(90)47(30-37-32-69-41-19-8-7-16-39(37)41)74-56(88)44(21-13-26-68-61(64)65)72-57(89)46(29-36-14-5-4-6-15-36)75-59(91)48-31-38(78)33-77(48)60(45)92/h4-8,14-16,19,32,38,40,42-48,69,78H,2-3,9-13,17-18,20-31,33-35,62H2,1H3,(H2,63,85)(H,66,79)(H,67,86)(H,70,80)(H,71,90)(H,72,89)(H,73,87)(H,74,88)(H,75,91)(H,81,82)(H,83,84)(H4,64,65,68)/t38-,40?,42?,43?,44?,45?,46-,47?,48?/m1/s1. The lowest BCUT2D eigenvalue weighted by atomic mass is 10.0. The molecule has 3 aromatic rings. The maximum atomic E-state index is 14.9. The van der Waals surface area contributed by atoms with Gasteiger partial charge < -0.3 is 90.7 Å². The minimum Gasteiger partial charge on any atom is -0.480 e. The lowest BCUT2D eigenvalue weighted by Gasteiger charge is -2.31. The number of amides is 10. The van der Waals surface area contributed by atoms with Crippen LogP contribution in [-0.2, 0) is 70.4 Å². The highest BCUT2D eigenvalue weighted by atomic mass is 16.4. The molecule has 0 saturated carbocycles. The summed E-state index contributed by atoms with van der Waals surface area (Å²) in [7, 11) is 0. The van der Waals surface area contributed by atoms with Crippen molar-refractivity contribution in [3.05, 3.63) is 71.9 Å². The van der Waals surface area contributed by atoms with E-state index in [9.17, 15) is 62.6 Å². The monoisotopic (exact) mass is 1290 g/mol. The summed E-state index contributed by atoms with van der Waals surface area (Å²) >= 11 is 0. The third-order valence-electron chi connectivity index (χ3n) is 15.7. The zero-order chi connectivity index (χ0) is 67.3. The van der Waals surface area contributed by atoms with Gasteiger partial charge >= 0.3 is 11.9 Å². The zero-order valence-corrected chi connectivity index (χ0v) is 51.8. The number of benzene rings is 2. The van der Waals surface area contributed by atoms with Gasteiger partial charge in [0.15, 0.2) is 5.96 Å². The summed E-state index contributed by atoms with van der Waals surface area (Å²) in [5.74, 6) is -10.4. The molecule has 9 atom stereocenters. The second kappa shape index (κ2) is 37.8. The van der Waals surface area contributed by atoms with Gasteiger partial charge in [-0.05, 0) is 81.5 Å². The minimum absolute atomic E-state index is 0.0195. The van der Waals surface area contributed by atoms with Gasteiger partial charge in [-0.1, -0.05) is 74.7 Å². The molecule has 31 heteroatoms. The molecule has 20 N–H and O–H groups in total. The lowest BCUT2D eigenvalue weighted by molar-refractivity contribution is -0.143. The number of guanidine groups is 1. The second-order valence-corrected chi connectivity index (χ2v) is 23.1. The van der Waals surface area contributed by atoms with Crippen LogP contribution in [-0.4, -0.2) is 207 Å². The molecule has 2 aliphatic rings. The predicted octanol–water partition coefficient (Wildman–Crippen LogP) is -2.89. The fourth-order valence-corrected chi connectivity index (χ4v) is 10.8. The van der Waals surface area contributed by atoms with Crippen molar-refractivity contribution in [1.82, 2.24) is 57.3 Å². The number of primary amides is 1. The number of para-hydroxylation sites is 1. The highest BCUT2D eigenvalue weighted by Crippen LogP contribution is 2.23. The van der Waals surface area contributed by atoms with Crippen LogP contribution in [0.25, 0.3) is 10.9 Å². The number of carbonyl (C=O) groups is 12. The molecule has 2 aromatic carbocycles. The number of aliphatic hydroxyl groups excluding tert-OH is 1. The summed E-state index contributed by atoms with van der Waals surface area (Å²) in [5, 5.41) is 51.7. The molecule has 31 nitrogen and oxygen atoms in total. The Hall–Kier alpha value is -9.23. The molecule has 2 saturated heterocycles. The lowest BCUT2D eigenvalue weighted by Crippen LogP contribution is -2.60. The van der Waals surface area contributed by atoms with E-state index in [0.29, 0.717) is 36.8 Å². The van der Waals surface area contributed by atoms with Crippen LogP contribution in [0.2, 0.25) is 0 Å². The fourth-order valence-electron chi connectivity index (χ4n) is 10.8. The van der Waals surface area contributed by atoms with Crippen molar-refractivity contribution in [3.63, 3.8) is 0 Å². The molecule has 2 fully saturated rings. The summed E-state index contributed by atoms with van der Waals surface area (Å²) < 4.78 is 0. The average Bonchev–Trinajstić information content (AvgIpc) is 1.70. The van der Waals surface area contributed by atoms with Gasteiger partial charge in [0.05, 0.1) is 25.2 Å². The first-order valence-corrected chi connectivity index (χ1v) is 31.1. The molecule has 5 rings (SSSR count). The Labute approximate surface area is 532 Å². The van der Waals surface area contributed by atoms with E-state index in [0.717, 1.165) is 15.8 Å². The number of carboxylic acids is 2. The van der Waals surface area contributed by atoms with Crippen LogP contribution in [0, 0.1) is 0 Å². The van der Waals surface area contributed by atoms with Crippen LogP contribution >= 0.6 is 0 Å². The van der Waals surface area contributed by atoms with Crippen molar-refractivity contribution in [2.75, 3.05) is 45.8 Å². The van der Waals surface area contributed by atoms with Crippen molar-refractivity contribution in [2.45, 2.75) is 171 Å². The normalized spacial score (nSPS) is 21.4. The molecule has 0 radical (unpaired) electrons. The number of aliphatic carboxylic acids is 2. The number of nitrogens with two attached hydrogens (primary N) is 4. The number of fused-ring (bicyclic) bond motifs is 2. The van der Waals surface area contributed by atoms with E-state index in [-0.39, 0.29) is 116 Å². The molecular formula is C61H90N16O15. The molecule has 0 aliphatic carbocycles. The Morgan fingerprint density at radius 3 is 2.12 bits per heavy atom. The number of nitrogens with one attached hydrogen (secondary N) is 9. The number of aromatic nitrogens is 1. The zero-order valence-electron chi connectivity index (χ0n) is 51.8. The maximum absolute atomic E-state index is 14.9. The highest BCUT2D eigenvalue weighted by Gasteiger charge is 2.43. The molecule has 92 heavy (non-hydrogen) atoms. The number of hydrogen-bond donors (Lipinski definition) is 16. The summed E-state index contributed by atoms with van der Waals surface area (Å²) in [5.41, 5.74) is 25.0. The van der Waals surface area contributed by atoms with Crippen LogP contribution in [0.5, 0.6) is 0 Å². The molecule has 2 aliphatic heterocycles. The SMILES string of the molecule is CCCCC(NC(=O)CCNC(=O)C(N)CCCCN(CC(=O)O)CC(=O)O)C(=O)NC1CCC(=O)NCCCCC(C(N)=O)NC(=O)C(Cc2c[nH]c3ccccc23)NC(=O)C(CCCN=C(N)N)NC(=O)[C@@H](Cc2ccccc2)NC(=O)C2C[C@@H](O)CN2C1=O. The van der Waals surface area contributed by atoms with Crippen LogP contribution in [0.15, 0.2) is 65.8 Å². The largest absolute Gasteiger partial charge is 0.480 e. The van der Waals surface area contributed by atoms with Crippen LogP contribution in [0.1, 0.15) is 114 Å². The molecule has 7 unspecified atom stereocenters. The molecule has 3 heterocycles. The molecular weight excluding hydrogens is 1200 g/mol. The first kappa shape index (κ1) is 73.5. The maximum Gasteiger partial charge on any atom is 0.317 e. The summed E-state index contributed by atoms with van der Waals surface area (Å²) in [6, 6.07) is 5.12. The quantitative estimate of drug-likeness (QED) is 0.0197. The van der Waals surface area contributed by atoms with Crippen molar-refractivity contribution < 1.29 is 72.9 Å². The number of carboxylic acid groups (broad SMARTS) is 2. The van der Waals surface area contributed by atoms with E-state index in [2.05, 4.69) is 52.5 Å². The number of hydrogen-bond acceptors (Lipinski definition) is 16. The molecule has 504 valence electrons. The van der Waals surface area contributed by atoms with E-state index in [1.807, 2.05) is 25.1 Å². The first-order chi connectivity index (χ1) is 43.9. The van der Waals surface area contributed by atoms with Gasteiger partial charge in [-0.3, -0.25) is 67.4 Å². The molecule has 10 amide bonds. The van der Waals surface area contributed by atoms with Crippen LogP contribution in [0.3, 0.4) is 0 Å². The van der Waals surface area contributed by atoms with E-state index < -0.39 is 145 Å². The second-order valence-electron chi connectivity index (χ2n) is 23.1. The molecule has 0 bridgehead atoms. The van der Waals surface area contributed by atoms with E-state index >= 15 is 0 Å². The number of carbonyl (C=O) groups excluding carboxylic acids is 10. The van der Waals surface area contributed by atoms with Gasteiger partial charge in [0.2, 0.25) is 59.1 Å². The molecule has 1 aromatic heterocycles. The topological polar surface area (TPSA) is 500 Å². The van der Waals surface area contributed by atoms with Crippen LogP contribution in [0.4, 0.5) is 0 Å². The highest BCUT2D eigenvalue weighted by molar-refractivity contribution is 5.98. The van der Waals surface area contributed by atoms with E-state index in [1.165, 1.54) is 4.90 Å². The van der Waals surface area contributed by atoms with E-state index in [4.69, 9.17) is 33.1 Å². The van der Waals surface area contributed by atoms with Gasteiger partial charge in [-0.15, -0.1) is 0 Å². The van der Waals surface area contributed by atoms with Gasteiger partial charge in [-0.2, -0.15) is 0 Å². The number of rotatable bonds is 28. The number of aromatic amines is 1. The number of H-pyrrole nitrogens is 1. The Kier molecular flexibility index (Phi) is 30.2. The van der Waals surface area contributed by atoms with Crippen molar-refractivity contribution >= 4 is 87.9 Å². The smallest absolute Gasteiger partial charge is 0.317 e. The fraction of sp³-hybridized carbons (Fsp3) is 0.557. The van der Waals surface area contributed by atoms with E-state index in [1.54, 1.807) is 42.6 Å². The number of aliphatic imine (C=N–C) groups is 1. The minimum atomic E-state index is -1.54. The molecule has 0 spiro atoms. The summed E-state index contributed by atoms with van der Waals surface area (Å²) in [4.78, 5) is 172.